The molecule has 146 valence electrons. The lowest BCUT2D eigenvalue weighted by molar-refractivity contribution is -0.125. The van der Waals surface area contributed by atoms with Crippen LogP contribution in [0.2, 0.25) is 0 Å². The molecule has 1 aliphatic heterocycles. The Bertz CT molecular complexity index is 1000. The Morgan fingerprint density at radius 3 is 2.86 bits per heavy atom. The molecule has 3 aromatic rings. The van der Waals surface area contributed by atoms with Crippen LogP contribution in [0.25, 0.3) is 11.1 Å². The minimum atomic E-state index is -0.284. The molecular formula is C20H22FN5O2. The summed E-state index contributed by atoms with van der Waals surface area (Å²) in [4.78, 5) is 23.7. The van der Waals surface area contributed by atoms with Crippen molar-refractivity contribution in [2.75, 3.05) is 18.0 Å². The monoisotopic (exact) mass is 383 g/mol. The molecule has 1 fully saturated rings. The first-order valence-corrected chi connectivity index (χ1v) is 9.39. The van der Waals surface area contributed by atoms with E-state index in [9.17, 15) is 9.18 Å². The molecule has 0 unspecified atom stereocenters. The third-order valence-electron chi connectivity index (χ3n) is 5.07. The van der Waals surface area contributed by atoms with E-state index in [0.717, 1.165) is 41.8 Å². The molecular weight excluding hydrogens is 361 g/mol. The van der Waals surface area contributed by atoms with Gasteiger partial charge in [-0.3, -0.25) is 4.79 Å². The Balaban J connectivity index is 1.48. The molecule has 28 heavy (non-hydrogen) atoms. The summed E-state index contributed by atoms with van der Waals surface area (Å²) in [6.07, 6.45) is 1.71. The summed E-state index contributed by atoms with van der Waals surface area (Å²) in [5.74, 6) is 0.963. The molecule has 1 saturated heterocycles. The lowest BCUT2D eigenvalue weighted by Gasteiger charge is -2.33. The van der Waals surface area contributed by atoms with Gasteiger partial charge in [0, 0.05) is 19.6 Å². The van der Waals surface area contributed by atoms with Crippen LogP contribution < -0.4 is 10.2 Å². The molecule has 1 aromatic carbocycles. The number of amides is 1. The lowest BCUT2D eigenvalue weighted by atomic mass is 9.96. The van der Waals surface area contributed by atoms with Crippen molar-refractivity contribution in [3.05, 3.63) is 47.2 Å². The normalized spacial score (nSPS) is 17.1. The zero-order valence-electron chi connectivity index (χ0n) is 15.9. The largest absolute Gasteiger partial charge is 0.355 e. The summed E-state index contributed by atoms with van der Waals surface area (Å²) in [5.41, 5.74) is 2.09. The van der Waals surface area contributed by atoms with Crippen molar-refractivity contribution in [3.63, 3.8) is 0 Å². The predicted octanol–water partition coefficient (Wildman–Crippen LogP) is 2.91. The highest BCUT2D eigenvalue weighted by atomic mass is 19.1. The van der Waals surface area contributed by atoms with E-state index in [-0.39, 0.29) is 17.6 Å². The number of aromatic nitrogens is 3. The fourth-order valence-electron chi connectivity index (χ4n) is 3.62. The second-order valence-electron chi connectivity index (χ2n) is 7.17. The van der Waals surface area contributed by atoms with Crippen molar-refractivity contribution >= 4 is 22.8 Å². The van der Waals surface area contributed by atoms with Gasteiger partial charge in [0.1, 0.15) is 22.8 Å². The van der Waals surface area contributed by atoms with Crippen LogP contribution >= 0.6 is 0 Å². The van der Waals surface area contributed by atoms with Crippen LogP contribution in [0.5, 0.6) is 0 Å². The van der Waals surface area contributed by atoms with E-state index in [1.807, 2.05) is 13.8 Å². The van der Waals surface area contributed by atoms with Gasteiger partial charge in [0.05, 0.1) is 11.6 Å². The third-order valence-corrected chi connectivity index (χ3v) is 5.07. The summed E-state index contributed by atoms with van der Waals surface area (Å²) in [5, 5.41) is 7.77. The Morgan fingerprint density at radius 1 is 1.29 bits per heavy atom. The molecule has 0 spiro atoms. The summed E-state index contributed by atoms with van der Waals surface area (Å²) in [7, 11) is 0. The number of benzene rings is 1. The van der Waals surface area contributed by atoms with E-state index in [2.05, 4.69) is 25.3 Å². The highest BCUT2D eigenvalue weighted by Crippen LogP contribution is 2.30. The summed E-state index contributed by atoms with van der Waals surface area (Å²) < 4.78 is 18.3. The molecule has 1 aliphatic rings. The van der Waals surface area contributed by atoms with Crippen molar-refractivity contribution in [2.45, 2.75) is 33.2 Å². The van der Waals surface area contributed by atoms with Crippen molar-refractivity contribution in [3.8, 4) is 0 Å². The van der Waals surface area contributed by atoms with E-state index in [0.29, 0.717) is 24.6 Å². The number of rotatable bonds is 4. The van der Waals surface area contributed by atoms with Crippen LogP contribution in [-0.2, 0) is 11.3 Å². The van der Waals surface area contributed by atoms with Crippen LogP contribution in [0, 0.1) is 25.6 Å². The number of nitrogens with zero attached hydrogens (tertiary/aromatic N) is 4. The van der Waals surface area contributed by atoms with Crippen LogP contribution in [0.1, 0.15) is 29.9 Å². The Hall–Kier alpha value is -3.03. The average molecular weight is 383 g/mol. The van der Waals surface area contributed by atoms with Gasteiger partial charge in [0.2, 0.25) is 5.91 Å². The van der Waals surface area contributed by atoms with E-state index in [4.69, 9.17) is 4.52 Å². The topological polar surface area (TPSA) is 84.2 Å². The zero-order chi connectivity index (χ0) is 19.7. The first kappa shape index (κ1) is 18.3. The molecule has 3 heterocycles. The number of piperidine rings is 1. The molecule has 0 radical (unpaired) electrons. The SMILES string of the molecule is Cc1nc(N2CCC[C@@H](C(=O)NCc3ccc(F)cc3)C2)c2c(C)noc2n1. The second kappa shape index (κ2) is 7.53. The number of aryl methyl sites for hydroxylation is 2. The molecule has 4 rings (SSSR count). The van der Waals surface area contributed by atoms with Crippen molar-refractivity contribution in [1.82, 2.24) is 20.4 Å². The lowest BCUT2D eigenvalue weighted by Crippen LogP contribution is -2.43. The van der Waals surface area contributed by atoms with Gasteiger partial charge in [0.15, 0.2) is 0 Å². The van der Waals surface area contributed by atoms with Crippen LogP contribution in [0.15, 0.2) is 28.8 Å². The number of carbonyl (C=O) groups excluding carboxylic acids is 1. The summed E-state index contributed by atoms with van der Waals surface area (Å²) in [6, 6.07) is 6.15. The van der Waals surface area contributed by atoms with Gasteiger partial charge in [-0.15, -0.1) is 0 Å². The number of anilines is 1. The van der Waals surface area contributed by atoms with Gasteiger partial charge in [-0.05, 0) is 44.4 Å². The summed E-state index contributed by atoms with van der Waals surface area (Å²) in [6.45, 7) is 5.46. The Morgan fingerprint density at radius 2 is 2.07 bits per heavy atom. The first-order valence-electron chi connectivity index (χ1n) is 9.39. The van der Waals surface area contributed by atoms with Crippen molar-refractivity contribution in [1.29, 1.82) is 0 Å². The quantitative estimate of drug-likeness (QED) is 0.746. The van der Waals surface area contributed by atoms with E-state index in [1.165, 1.54) is 12.1 Å². The zero-order valence-corrected chi connectivity index (χ0v) is 15.9. The Kier molecular flexibility index (Phi) is 4.93. The van der Waals surface area contributed by atoms with E-state index < -0.39 is 0 Å². The first-order chi connectivity index (χ1) is 13.5. The fraction of sp³-hybridized carbons (Fsp3) is 0.400. The number of halogens is 1. The number of fused-ring (bicyclic) bond motifs is 1. The molecule has 1 atom stereocenters. The number of hydrogen-bond acceptors (Lipinski definition) is 6. The Labute approximate surface area is 161 Å². The molecule has 0 saturated carbocycles. The molecule has 8 heteroatoms. The number of hydrogen-bond donors (Lipinski definition) is 1. The number of carbonyl (C=O) groups is 1. The molecule has 0 bridgehead atoms. The van der Waals surface area contributed by atoms with E-state index in [1.54, 1.807) is 12.1 Å². The van der Waals surface area contributed by atoms with Crippen LogP contribution in [0.4, 0.5) is 10.2 Å². The van der Waals surface area contributed by atoms with Crippen LogP contribution in [-0.4, -0.2) is 34.1 Å². The fourth-order valence-corrected chi connectivity index (χ4v) is 3.62. The average Bonchev–Trinajstić information content (AvgIpc) is 3.07. The highest BCUT2D eigenvalue weighted by molar-refractivity contribution is 5.88. The van der Waals surface area contributed by atoms with Crippen molar-refractivity contribution in [2.24, 2.45) is 5.92 Å². The maximum absolute atomic E-state index is 13.0. The molecule has 1 amide bonds. The van der Waals surface area contributed by atoms with Gasteiger partial charge in [-0.2, -0.15) is 4.98 Å². The van der Waals surface area contributed by atoms with Gasteiger partial charge >= 0.3 is 0 Å². The maximum Gasteiger partial charge on any atom is 0.263 e. The smallest absolute Gasteiger partial charge is 0.263 e. The van der Waals surface area contributed by atoms with Gasteiger partial charge in [-0.1, -0.05) is 17.3 Å². The second-order valence-corrected chi connectivity index (χ2v) is 7.17. The molecule has 1 N–H and O–H groups in total. The predicted molar refractivity (Wildman–Crippen MR) is 102 cm³/mol. The minimum absolute atomic E-state index is 0.00177. The molecule has 7 nitrogen and oxygen atoms in total. The van der Waals surface area contributed by atoms with Gasteiger partial charge < -0.3 is 14.7 Å². The van der Waals surface area contributed by atoms with Gasteiger partial charge in [-0.25, -0.2) is 9.37 Å². The van der Waals surface area contributed by atoms with Gasteiger partial charge in [0.25, 0.3) is 5.71 Å². The standard InChI is InChI=1S/C20H22FN5O2/c1-12-17-18(23-13(2)24-20(17)28-25-12)26-9-3-4-15(11-26)19(27)22-10-14-5-7-16(21)8-6-14/h5-8,15H,3-4,9-11H2,1-2H3,(H,22,27)/t15-/m1/s1. The third kappa shape index (κ3) is 3.67. The van der Waals surface area contributed by atoms with E-state index >= 15 is 0 Å². The maximum atomic E-state index is 13.0. The minimum Gasteiger partial charge on any atom is -0.355 e. The number of nitrogens with one attached hydrogen (secondary N) is 1. The summed E-state index contributed by atoms with van der Waals surface area (Å²) >= 11 is 0. The van der Waals surface area contributed by atoms with Crippen molar-refractivity contribution < 1.29 is 13.7 Å². The van der Waals surface area contributed by atoms with Crippen LogP contribution in [0.3, 0.4) is 0 Å². The molecule has 2 aromatic heterocycles. The highest BCUT2D eigenvalue weighted by Gasteiger charge is 2.28. The molecule has 0 aliphatic carbocycles.